The third-order valence-corrected chi connectivity index (χ3v) is 5.63. The lowest BCUT2D eigenvalue weighted by atomic mass is 10.1. The molecule has 1 aliphatic carbocycles. The van der Waals surface area contributed by atoms with E-state index in [4.69, 9.17) is 20.9 Å². The Balaban J connectivity index is 1.77. The van der Waals surface area contributed by atoms with Gasteiger partial charge in [-0.15, -0.1) is 0 Å². The van der Waals surface area contributed by atoms with E-state index in [1.807, 2.05) is 6.07 Å². The van der Waals surface area contributed by atoms with Gasteiger partial charge in [-0.1, -0.05) is 23.7 Å². The maximum absolute atomic E-state index is 13.3. The molecule has 1 saturated carbocycles. The number of fused-ring (bicyclic) bond motifs is 3. The molecule has 144 valence electrons. The van der Waals surface area contributed by atoms with E-state index in [1.165, 1.54) is 0 Å². The van der Waals surface area contributed by atoms with Crippen LogP contribution in [0.2, 0.25) is 5.02 Å². The number of aromatic nitrogens is 5. The first-order valence-corrected chi connectivity index (χ1v) is 9.42. The third-order valence-electron chi connectivity index (χ3n) is 5.39. The number of rotatable bonds is 5. The average Bonchev–Trinajstić information content (AvgIpc) is 3.11. The van der Waals surface area contributed by atoms with Gasteiger partial charge in [0.05, 0.1) is 17.6 Å². The number of benzene rings is 1. The number of halogens is 1. The van der Waals surface area contributed by atoms with Gasteiger partial charge in [0, 0.05) is 24.1 Å². The van der Waals surface area contributed by atoms with E-state index >= 15 is 0 Å². The Morgan fingerprint density at radius 2 is 2.14 bits per heavy atom. The quantitative estimate of drug-likeness (QED) is 0.512. The van der Waals surface area contributed by atoms with Gasteiger partial charge in [0.1, 0.15) is 11.8 Å². The van der Waals surface area contributed by atoms with Gasteiger partial charge >= 0.3 is 0 Å². The Labute approximate surface area is 164 Å². The Morgan fingerprint density at radius 1 is 1.32 bits per heavy atom. The summed E-state index contributed by atoms with van der Waals surface area (Å²) in [5.74, 6) is 0.922. The molecule has 0 atom stereocenters. The first-order chi connectivity index (χ1) is 13.5. The molecule has 4 aromatic rings. The molecule has 0 N–H and O–H groups in total. The maximum atomic E-state index is 13.3. The molecule has 0 spiro atoms. The van der Waals surface area contributed by atoms with Crippen molar-refractivity contribution in [2.45, 2.75) is 31.7 Å². The molecule has 8 nitrogen and oxygen atoms in total. The average molecular weight is 400 g/mol. The second-order valence-corrected chi connectivity index (χ2v) is 7.81. The standard InChI is InChI=1S/C19H18ClN5O3/c1-19(5-6-19)18-22-16(28-23-18)14-15-17(26)24(7-8-27-2)13-9-11(20)3-4-12(13)25(15)10-21-14/h3-4,9-10H,5-8H2,1-2H3. The summed E-state index contributed by atoms with van der Waals surface area (Å²) in [5.41, 5.74) is 2.06. The fourth-order valence-electron chi connectivity index (χ4n) is 3.43. The van der Waals surface area contributed by atoms with Crippen molar-refractivity contribution >= 4 is 28.2 Å². The van der Waals surface area contributed by atoms with E-state index in [2.05, 4.69) is 22.0 Å². The molecule has 3 heterocycles. The van der Waals surface area contributed by atoms with Crippen molar-refractivity contribution in [3.63, 3.8) is 0 Å². The summed E-state index contributed by atoms with van der Waals surface area (Å²) in [4.78, 5) is 22.3. The highest BCUT2D eigenvalue weighted by atomic mass is 35.5. The van der Waals surface area contributed by atoms with Crippen LogP contribution in [0.1, 0.15) is 25.6 Å². The third kappa shape index (κ3) is 2.56. The number of hydrogen-bond donors (Lipinski definition) is 0. The smallest absolute Gasteiger partial charge is 0.279 e. The lowest BCUT2D eigenvalue weighted by Crippen LogP contribution is -2.25. The van der Waals surface area contributed by atoms with E-state index in [9.17, 15) is 4.79 Å². The molecule has 1 fully saturated rings. The molecule has 1 aliphatic rings. The summed E-state index contributed by atoms with van der Waals surface area (Å²) in [5, 5.41) is 4.66. The van der Waals surface area contributed by atoms with Crippen LogP contribution in [0.5, 0.6) is 0 Å². The van der Waals surface area contributed by atoms with E-state index in [1.54, 1.807) is 34.5 Å². The molecule has 5 rings (SSSR count). The minimum Gasteiger partial charge on any atom is -0.383 e. The van der Waals surface area contributed by atoms with Gasteiger partial charge in [-0.05, 0) is 31.0 Å². The van der Waals surface area contributed by atoms with Crippen LogP contribution in [-0.2, 0) is 16.7 Å². The molecule has 0 bridgehead atoms. The normalized spacial score (nSPS) is 15.5. The maximum Gasteiger partial charge on any atom is 0.279 e. The summed E-state index contributed by atoms with van der Waals surface area (Å²) in [6.45, 7) is 2.88. The van der Waals surface area contributed by atoms with Crippen LogP contribution in [0.25, 0.3) is 28.1 Å². The number of nitrogens with zero attached hydrogens (tertiary/aromatic N) is 5. The second-order valence-electron chi connectivity index (χ2n) is 7.38. The predicted molar refractivity (Wildman–Crippen MR) is 104 cm³/mol. The number of ether oxygens (including phenoxy) is 1. The van der Waals surface area contributed by atoms with Gasteiger partial charge in [-0.25, -0.2) is 4.98 Å². The highest BCUT2D eigenvalue weighted by Gasteiger charge is 2.43. The van der Waals surface area contributed by atoms with Gasteiger partial charge in [0.15, 0.2) is 11.5 Å². The van der Waals surface area contributed by atoms with E-state index in [0.29, 0.717) is 40.7 Å². The van der Waals surface area contributed by atoms with Gasteiger partial charge in [-0.3, -0.25) is 9.20 Å². The molecule has 1 aromatic carbocycles. The van der Waals surface area contributed by atoms with E-state index in [-0.39, 0.29) is 16.9 Å². The molecule has 0 radical (unpaired) electrons. The summed E-state index contributed by atoms with van der Waals surface area (Å²) >= 11 is 6.18. The number of hydrogen-bond acceptors (Lipinski definition) is 6. The number of methoxy groups -OCH3 is 1. The van der Waals surface area contributed by atoms with Crippen LogP contribution in [0.3, 0.4) is 0 Å². The first-order valence-electron chi connectivity index (χ1n) is 9.04. The summed E-state index contributed by atoms with van der Waals surface area (Å²) in [6, 6.07) is 5.42. The minimum absolute atomic E-state index is 0.0284. The SMILES string of the molecule is COCCn1c(=O)c2c(-c3nc(C4(C)CC4)no3)ncn2c2ccc(Cl)cc21. The lowest BCUT2D eigenvalue weighted by Gasteiger charge is -2.12. The highest BCUT2D eigenvalue weighted by Crippen LogP contribution is 2.46. The van der Waals surface area contributed by atoms with Crippen LogP contribution in [0.4, 0.5) is 0 Å². The summed E-state index contributed by atoms with van der Waals surface area (Å²) in [7, 11) is 1.60. The van der Waals surface area contributed by atoms with Crippen LogP contribution < -0.4 is 5.56 Å². The molecular weight excluding hydrogens is 382 g/mol. The predicted octanol–water partition coefficient (Wildman–Crippen LogP) is 3.05. The van der Waals surface area contributed by atoms with Crippen molar-refractivity contribution in [1.82, 2.24) is 24.1 Å². The van der Waals surface area contributed by atoms with Crippen molar-refractivity contribution in [3.05, 3.63) is 45.7 Å². The fourth-order valence-corrected chi connectivity index (χ4v) is 3.59. The van der Waals surface area contributed by atoms with Crippen molar-refractivity contribution < 1.29 is 9.26 Å². The van der Waals surface area contributed by atoms with Crippen molar-refractivity contribution in [1.29, 1.82) is 0 Å². The monoisotopic (exact) mass is 399 g/mol. The van der Waals surface area contributed by atoms with Crippen molar-refractivity contribution in [2.75, 3.05) is 13.7 Å². The van der Waals surface area contributed by atoms with Gasteiger partial charge in [0.25, 0.3) is 11.4 Å². The molecule has 0 saturated heterocycles. The molecule has 28 heavy (non-hydrogen) atoms. The fraction of sp³-hybridized carbons (Fsp3) is 0.368. The van der Waals surface area contributed by atoms with Crippen molar-refractivity contribution in [3.8, 4) is 11.6 Å². The molecule has 0 aliphatic heterocycles. The lowest BCUT2D eigenvalue weighted by molar-refractivity contribution is 0.187. The molecule has 0 amide bonds. The zero-order valence-corrected chi connectivity index (χ0v) is 16.2. The van der Waals surface area contributed by atoms with Crippen LogP contribution in [0, 0.1) is 0 Å². The molecular formula is C19H18ClN5O3. The molecule has 3 aromatic heterocycles. The Bertz CT molecular complexity index is 1270. The van der Waals surface area contributed by atoms with Crippen LogP contribution in [0.15, 0.2) is 33.8 Å². The van der Waals surface area contributed by atoms with E-state index < -0.39 is 0 Å². The van der Waals surface area contributed by atoms with Gasteiger partial charge < -0.3 is 13.8 Å². The highest BCUT2D eigenvalue weighted by molar-refractivity contribution is 6.31. The number of imidazole rings is 1. The zero-order chi connectivity index (χ0) is 19.5. The largest absolute Gasteiger partial charge is 0.383 e. The molecule has 0 unspecified atom stereocenters. The topological polar surface area (TPSA) is 87.5 Å². The minimum atomic E-state index is -0.211. The Morgan fingerprint density at radius 3 is 2.89 bits per heavy atom. The second kappa shape index (κ2) is 6.15. The molecule has 9 heteroatoms. The van der Waals surface area contributed by atoms with Gasteiger partial charge in [-0.2, -0.15) is 4.98 Å². The first kappa shape index (κ1) is 17.4. The van der Waals surface area contributed by atoms with Crippen LogP contribution in [-0.4, -0.2) is 37.8 Å². The van der Waals surface area contributed by atoms with Gasteiger partial charge in [0.2, 0.25) is 0 Å². The van der Waals surface area contributed by atoms with E-state index in [0.717, 1.165) is 18.4 Å². The summed E-state index contributed by atoms with van der Waals surface area (Å²) in [6.07, 6.45) is 3.67. The van der Waals surface area contributed by atoms with Crippen LogP contribution >= 0.6 is 11.6 Å². The zero-order valence-electron chi connectivity index (χ0n) is 15.5. The summed E-state index contributed by atoms with van der Waals surface area (Å²) < 4.78 is 14.0. The Kier molecular flexibility index (Phi) is 3.82. The Hall–Kier alpha value is -2.71. The van der Waals surface area contributed by atoms with Crippen molar-refractivity contribution in [2.24, 2.45) is 0 Å².